The van der Waals surface area contributed by atoms with E-state index in [1.54, 1.807) is 12.1 Å². The number of aliphatic hydroxyl groups excluding tert-OH is 1. The summed E-state index contributed by atoms with van der Waals surface area (Å²) in [6.45, 7) is -0.0256. The number of aliphatic hydroxyl groups is 1. The van der Waals surface area contributed by atoms with Crippen LogP contribution < -0.4 is 11.1 Å². The molecule has 1 unspecified atom stereocenters. The van der Waals surface area contributed by atoms with Gasteiger partial charge in [0.2, 0.25) is 5.91 Å². The monoisotopic (exact) mass is 221 g/mol. The maximum Gasteiger partial charge on any atom is 0.295 e. The highest BCUT2D eigenvalue weighted by molar-refractivity contribution is 5.79. The van der Waals surface area contributed by atoms with Crippen molar-refractivity contribution in [2.24, 2.45) is 5.73 Å². The zero-order valence-electron chi connectivity index (χ0n) is 8.38. The molecule has 0 fully saturated rings. The van der Waals surface area contributed by atoms with Crippen LogP contribution in [-0.4, -0.2) is 28.6 Å². The predicted molar refractivity (Wildman–Crippen MR) is 57.7 cm³/mol. The van der Waals surface area contributed by atoms with Crippen molar-refractivity contribution in [2.75, 3.05) is 11.9 Å². The summed E-state index contributed by atoms with van der Waals surface area (Å²) in [6, 6.07) is 7.50. The molecule has 0 bridgehead atoms. The molecular weight excluding hydrogens is 210 g/mol. The van der Waals surface area contributed by atoms with Crippen molar-refractivity contribution >= 4 is 23.0 Å². The number of hydrogen-bond acceptors (Lipinski definition) is 5. The Labute approximate surface area is 91.1 Å². The lowest BCUT2D eigenvalue weighted by Gasteiger charge is -2.05. The summed E-state index contributed by atoms with van der Waals surface area (Å²) in [7, 11) is 0. The second kappa shape index (κ2) is 4.19. The highest BCUT2D eigenvalue weighted by atomic mass is 16.4. The van der Waals surface area contributed by atoms with Gasteiger partial charge in [-0.25, -0.2) is 0 Å². The Bertz CT molecular complexity index is 476. The quantitative estimate of drug-likeness (QED) is 0.679. The lowest BCUT2D eigenvalue weighted by molar-refractivity contribution is -0.125. The minimum Gasteiger partial charge on any atom is -0.424 e. The molecule has 0 aliphatic carbocycles. The van der Waals surface area contributed by atoms with Gasteiger partial charge in [-0.3, -0.25) is 4.79 Å². The van der Waals surface area contributed by atoms with E-state index in [9.17, 15) is 4.79 Å². The molecule has 2 rings (SSSR count). The van der Waals surface area contributed by atoms with Gasteiger partial charge in [-0.2, -0.15) is 4.98 Å². The Balaban J connectivity index is 2.07. The number of fused-ring (bicyclic) bond motifs is 1. The van der Waals surface area contributed by atoms with Gasteiger partial charge >= 0.3 is 0 Å². The van der Waals surface area contributed by atoms with Gasteiger partial charge in [0.15, 0.2) is 5.58 Å². The van der Waals surface area contributed by atoms with Crippen LogP contribution in [0.2, 0.25) is 0 Å². The number of oxazole rings is 1. The third-order valence-electron chi connectivity index (χ3n) is 2.07. The van der Waals surface area contributed by atoms with Gasteiger partial charge in [0.05, 0.1) is 6.54 Å². The van der Waals surface area contributed by atoms with E-state index in [2.05, 4.69) is 10.3 Å². The lowest BCUT2D eigenvalue weighted by Crippen LogP contribution is -2.34. The highest BCUT2D eigenvalue weighted by Gasteiger charge is 2.12. The van der Waals surface area contributed by atoms with E-state index < -0.39 is 12.0 Å². The van der Waals surface area contributed by atoms with Crippen LogP contribution in [0.1, 0.15) is 0 Å². The molecule has 0 aliphatic rings. The fourth-order valence-electron chi connectivity index (χ4n) is 1.23. The molecular formula is C10H11N3O3. The zero-order chi connectivity index (χ0) is 11.5. The third-order valence-corrected chi connectivity index (χ3v) is 2.07. The first-order chi connectivity index (χ1) is 7.66. The number of rotatable bonds is 4. The average molecular weight is 221 g/mol. The van der Waals surface area contributed by atoms with Crippen molar-refractivity contribution in [1.29, 1.82) is 0 Å². The number of amides is 1. The molecule has 0 radical (unpaired) electrons. The summed E-state index contributed by atoms with van der Waals surface area (Å²) < 4.78 is 5.31. The molecule has 1 atom stereocenters. The molecule has 1 aromatic heterocycles. The first-order valence-electron chi connectivity index (χ1n) is 4.73. The smallest absolute Gasteiger partial charge is 0.295 e. The molecule has 1 heterocycles. The molecule has 0 saturated heterocycles. The highest BCUT2D eigenvalue weighted by Crippen LogP contribution is 2.17. The van der Waals surface area contributed by atoms with Crippen LogP contribution in [0, 0.1) is 0 Å². The largest absolute Gasteiger partial charge is 0.424 e. The molecule has 0 aliphatic heterocycles. The fourth-order valence-corrected chi connectivity index (χ4v) is 1.23. The molecule has 1 aromatic carbocycles. The van der Waals surface area contributed by atoms with E-state index in [0.29, 0.717) is 11.1 Å². The number of hydrogen-bond donors (Lipinski definition) is 3. The molecule has 16 heavy (non-hydrogen) atoms. The minimum atomic E-state index is -1.25. The van der Waals surface area contributed by atoms with Crippen molar-refractivity contribution in [3.63, 3.8) is 0 Å². The Morgan fingerprint density at radius 1 is 1.56 bits per heavy atom. The molecule has 6 nitrogen and oxygen atoms in total. The number of benzene rings is 1. The van der Waals surface area contributed by atoms with E-state index in [1.165, 1.54) is 0 Å². The van der Waals surface area contributed by atoms with E-state index in [1.807, 2.05) is 12.1 Å². The van der Waals surface area contributed by atoms with Gasteiger partial charge in [0.25, 0.3) is 6.01 Å². The Hall–Kier alpha value is -2.08. The van der Waals surface area contributed by atoms with Crippen LogP contribution in [-0.2, 0) is 4.79 Å². The van der Waals surface area contributed by atoms with Crippen molar-refractivity contribution in [3.8, 4) is 0 Å². The maximum atomic E-state index is 10.6. The van der Waals surface area contributed by atoms with Crippen LogP contribution in [0.5, 0.6) is 0 Å². The normalized spacial score (nSPS) is 12.6. The molecule has 2 aromatic rings. The van der Waals surface area contributed by atoms with E-state index in [-0.39, 0.29) is 12.6 Å². The van der Waals surface area contributed by atoms with Crippen molar-refractivity contribution in [1.82, 2.24) is 4.98 Å². The fraction of sp³-hybridized carbons (Fsp3) is 0.200. The Morgan fingerprint density at radius 2 is 2.31 bits per heavy atom. The second-order valence-electron chi connectivity index (χ2n) is 3.29. The summed E-state index contributed by atoms with van der Waals surface area (Å²) in [5, 5.41) is 11.8. The van der Waals surface area contributed by atoms with Crippen LogP contribution in [0.25, 0.3) is 11.1 Å². The van der Waals surface area contributed by atoms with E-state index in [4.69, 9.17) is 15.3 Å². The summed E-state index contributed by atoms with van der Waals surface area (Å²) >= 11 is 0. The topological polar surface area (TPSA) is 101 Å². The van der Waals surface area contributed by atoms with Gasteiger partial charge in [0.1, 0.15) is 11.6 Å². The van der Waals surface area contributed by atoms with Crippen molar-refractivity contribution in [3.05, 3.63) is 24.3 Å². The molecule has 4 N–H and O–H groups in total. The minimum absolute atomic E-state index is 0.0256. The first-order valence-corrected chi connectivity index (χ1v) is 4.73. The molecule has 6 heteroatoms. The number of para-hydroxylation sites is 2. The average Bonchev–Trinajstić information content (AvgIpc) is 2.68. The van der Waals surface area contributed by atoms with Gasteiger partial charge in [0, 0.05) is 0 Å². The predicted octanol–water partition coefficient (Wildman–Crippen LogP) is 0.0859. The summed E-state index contributed by atoms with van der Waals surface area (Å²) in [5.41, 5.74) is 6.24. The summed E-state index contributed by atoms with van der Waals surface area (Å²) in [4.78, 5) is 14.7. The Morgan fingerprint density at radius 3 is 3.00 bits per heavy atom. The van der Waals surface area contributed by atoms with Crippen LogP contribution in [0.15, 0.2) is 28.7 Å². The van der Waals surface area contributed by atoms with Gasteiger partial charge in [-0.15, -0.1) is 0 Å². The summed E-state index contributed by atoms with van der Waals surface area (Å²) in [6.07, 6.45) is -1.25. The third kappa shape index (κ3) is 2.12. The number of nitrogens with zero attached hydrogens (tertiary/aromatic N) is 1. The molecule has 1 amide bonds. The first kappa shape index (κ1) is 10.4. The molecule has 0 saturated carbocycles. The standard InChI is InChI=1S/C10H11N3O3/c11-9(15)7(14)5-12-10-13-6-3-1-2-4-8(6)16-10/h1-4,7,14H,5H2,(H2,11,15)(H,12,13). The van der Waals surface area contributed by atoms with E-state index in [0.717, 1.165) is 0 Å². The number of nitrogens with one attached hydrogen (secondary N) is 1. The zero-order valence-corrected chi connectivity index (χ0v) is 8.38. The van der Waals surface area contributed by atoms with Gasteiger partial charge in [-0.05, 0) is 12.1 Å². The van der Waals surface area contributed by atoms with Crippen LogP contribution in [0.4, 0.5) is 6.01 Å². The Kier molecular flexibility index (Phi) is 2.74. The van der Waals surface area contributed by atoms with Crippen LogP contribution >= 0.6 is 0 Å². The number of carbonyl (C=O) groups excluding carboxylic acids is 1. The van der Waals surface area contributed by atoms with Crippen LogP contribution in [0.3, 0.4) is 0 Å². The lowest BCUT2D eigenvalue weighted by atomic mass is 10.3. The number of primary amides is 1. The number of nitrogens with two attached hydrogens (primary N) is 1. The summed E-state index contributed by atoms with van der Waals surface area (Å²) in [5.74, 6) is -0.788. The van der Waals surface area contributed by atoms with E-state index >= 15 is 0 Å². The van der Waals surface area contributed by atoms with Gasteiger partial charge in [-0.1, -0.05) is 12.1 Å². The number of carbonyl (C=O) groups is 1. The number of anilines is 1. The molecule has 0 spiro atoms. The number of aromatic nitrogens is 1. The second-order valence-corrected chi connectivity index (χ2v) is 3.29. The maximum absolute atomic E-state index is 10.6. The van der Waals surface area contributed by atoms with Crippen molar-refractivity contribution < 1.29 is 14.3 Å². The molecule has 84 valence electrons. The van der Waals surface area contributed by atoms with Gasteiger partial charge < -0.3 is 20.6 Å². The van der Waals surface area contributed by atoms with Crippen molar-refractivity contribution in [2.45, 2.75) is 6.10 Å². The SMILES string of the molecule is NC(=O)C(O)CNc1nc2ccccc2o1.